The summed E-state index contributed by atoms with van der Waals surface area (Å²) in [6.45, 7) is 8.45. The average Bonchev–Trinajstić information content (AvgIpc) is 3.34. The Labute approximate surface area is 187 Å². The van der Waals surface area contributed by atoms with E-state index in [1.807, 2.05) is 13.0 Å². The van der Waals surface area contributed by atoms with Crippen LogP contribution in [0, 0.1) is 5.92 Å². The summed E-state index contributed by atoms with van der Waals surface area (Å²) in [5.74, 6) is -0.391. The third kappa shape index (κ3) is 4.51. The molecule has 0 saturated carbocycles. The molecule has 0 radical (unpaired) electrons. The van der Waals surface area contributed by atoms with Gasteiger partial charge in [-0.3, -0.25) is 9.36 Å². The molecule has 5 atom stereocenters. The van der Waals surface area contributed by atoms with Crippen LogP contribution in [0.3, 0.4) is 0 Å². The zero-order valence-corrected chi connectivity index (χ0v) is 19.4. The number of alkyl halides is 1. The van der Waals surface area contributed by atoms with Gasteiger partial charge >= 0.3 is 0 Å². The predicted molar refractivity (Wildman–Crippen MR) is 122 cm³/mol. The van der Waals surface area contributed by atoms with Crippen LogP contribution < -0.4 is 5.32 Å². The summed E-state index contributed by atoms with van der Waals surface area (Å²) in [5.41, 5.74) is 1.69. The fourth-order valence-electron chi connectivity index (χ4n) is 3.49. The molecule has 3 aromatic rings. The minimum Gasteiger partial charge on any atom is -0.357 e. The average molecular weight is 459 g/mol. The summed E-state index contributed by atoms with van der Waals surface area (Å²) in [6, 6.07) is 8.81. The number of nitrogens with one attached hydrogen (secondary N) is 1. The fourth-order valence-corrected chi connectivity index (χ4v) is 4.17. The van der Waals surface area contributed by atoms with Crippen LogP contribution in [0.15, 0.2) is 43.0 Å². The van der Waals surface area contributed by atoms with Crippen LogP contribution in [-0.2, 0) is 9.26 Å². The Balaban J connectivity index is 1.54. The molecule has 32 heavy (non-hydrogen) atoms. The van der Waals surface area contributed by atoms with Crippen LogP contribution in [0.4, 0.5) is 10.2 Å². The van der Waals surface area contributed by atoms with Crippen molar-refractivity contribution in [2.24, 2.45) is 5.92 Å². The van der Waals surface area contributed by atoms with Crippen LogP contribution >= 0.6 is 8.15 Å². The number of nitrogens with zero attached hydrogens (tertiary/aromatic N) is 4. The molecule has 0 spiro atoms. The van der Waals surface area contributed by atoms with E-state index in [2.05, 4.69) is 40.8 Å². The molecule has 0 aliphatic carbocycles. The number of aromatic nitrogens is 4. The second kappa shape index (κ2) is 9.57. The molecule has 2 unspecified atom stereocenters. The van der Waals surface area contributed by atoms with E-state index < -0.39 is 20.5 Å². The van der Waals surface area contributed by atoms with Crippen LogP contribution in [0.1, 0.15) is 37.4 Å². The quantitative estimate of drug-likeness (QED) is 0.527. The summed E-state index contributed by atoms with van der Waals surface area (Å²) in [5, 5.41) is 2.76. The van der Waals surface area contributed by atoms with Gasteiger partial charge in [-0.25, -0.2) is 19.3 Å². The number of hydrogen-bond acceptors (Lipinski definition) is 6. The molecule has 8 nitrogen and oxygen atoms in total. The molecule has 1 saturated heterocycles. The summed E-state index contributed by atoms with van der Waals surface area (Å²) >= 11 is 0. The normalized spacial score (nSPS) is 24.2. The zero-order valence-electron chi connectivity index (χ0n) is 18.5. The SMILES string of the molecule is CC1[C@@H](COP(C)C(C)C)O[C@@H](n2cnc3c(NC(=O)c4ccccc4)ncnc32)[C@H]1F. The van der Waals surface area contributed by atoms with E-state index in [1.165, 1.54) is 12.7 Å². The molecule has 1 aromatic carbocycles. The minimum atomic E-state index is -1.25. The maximum Gasteiger partial charge on any atom is 0.256 e. The molecule has 170 valence electrons. The van der Waals surface area contributed by atoms with Gasteiger partial charge in [-0.2, -0.15) is 0 Å². The highest BCUT2D eigenvalue weighted by atomic mass is 31.1. The zero-order chi connectivity index (χ0) is 22.8. The first-order valence-electron chi connectivity index (χ1n) is 10.6. The standard InChI is InChI=1S/C22H27FN5O3P/c1-13(2)32(4)30-10-16-14(3)17(23)22(31-16)28-12-26-18-19(24-11-25-20(18)28)27-21(29)15-8-6-5-7-9-15/h5-9,11-14,16-17,22H,10H2,1-4H3,(H,24,25,27,29)/t14?,16-,17+,22-,32?/m1/s1. The van der Waals surface area contributed by atoms with Crippen LogP contribution in [0.2, 0.25) is 0 Å². The third-order valence-electron chi connectivity index (χ3n) is 5.75. The second-order valence-corrected chi connectivity index (χ2v) is 10.6. The van der Waals surface area contributed by atoms with E-state index in [0.717, 1.165) is 0 Å². The van der Waals surface area contributed by atoms with E-state index in [-0.39, 0.29) is 23.7 Å². The molecule has 1 N–H and O–H groups in total. The van der Waals surface area contributed by atoms with Gasteiger partial charge in [0, 0.05) is 19.6 Å². The monoisotopic (exact) mass is 459 g/mol. The minimum absolute atomic E-state index is 0.262. The Morgan fingerprint density at radius 3 is 2.75 bits per heavy atom. The molecule has 1 fully saturated rings. The molecule has 1 amide bonds. The molecule has 4 rings (SSSR count). The van der Waals surface area contributed by atoms with Gasteiger partial charge in [-0.05, 0) is 24.5 Å². The topological polar surface area (TPSA) is 91.2 Å². The lowest BCUT2D eigenvalue weighted by Gasteiger charge is -2.21. The number of rotatable bonds is 7. The van der Waals surface area contributed by atoms with Gasteiger partial charge < -0.3 is 14.6 Å². The number of benzene rings is 1. The lowest BCUT2D eigenvalue weighted by molar-refractivity contribution is -0.0324. The molecule has 3 heterocycles. The Morgan fingerprint density at radius 2 is 2.03 bits per heavy atom. The van der Waals surface area contributed by atoms with Gasteiger partial charge in [0.15, 0.2) is 29.4 Å². The van der Waals surface area contributed by atoms with Crippen molar-refractivity contribution < 1.29 is 18.4 Å². The van der Waals surface area contributed by atoms with Crippen molar-refractivity contribution in [1.29, 1.82) is 0 Å². The number of carbonyl (C=O) groups is 1. The lowest BCUT2D eigenvalue weighted by Crippen LogP contribution is -2.23. The van der Waals surface area contributed by atoms with E-state index in [0.29, 0.717) is 29.0 Å². The Bertz CT molecular complexity index is 1080. The molecule has 1 aliphatic rings. The maximum atomic E-state index is 15.2. The third-order valence-corrected chi connectivity index (χ3v) is 7.76. The Hall–Kier alpha value is -2.48. The molecular weight excluding hydrogens is 432 g/mol. The Morgan fingerprint density at radius 1 is 1.28 bits per heavy atom. The van der Waals surface area contributed by atoms with Crippen LogP contribution in [-0.4, -0.2) is 56.6 Å². The van der Waals surface area contributed by atoms with Gasteiger partial charge in [0.25, 0.3) is 5.91 Å². The number of anilines is 1. The molecular formula is C22H27FN5O3P. The molecule has 10 heteroatoms. The van der Waals surface area contributed by atoms with Crippen molar-refractivity contribution in [3.05, 3.63) is 48.5 Å². The fraction of sp³-hybridized carbons (Fsp3) is 0.455. The van der Waals surface area contributed by atoms with Gasteiger partial charge in [0.2, 0.25) is 0 Å². The van der Waals surface area contributed by atoms with E-state index in [9.17, 15) is 4.79 Å². The summed E-state index contributed by atoms with van der Waals surface area (Å²) in [6.07, 6.45) is 0.306. The molecule has 0 bridgehead atoms. The number of imidazole rings is 1. The van der Waals surface area contributed by atoms with Crippen molar-refractivity contribution >= 4 is 31.0 Å². The molecule has 2 aromatic heterocycles. The first-order chi connectivity index (χ1) is 15.4. The highest BCUT2D eigenvalue weighted by Gasteiger charge is 2.44. The number of amides is 1. The Kier molecular flexibility index (Phi) is 6.79. The van der Waals surface area contributed by atoms with E-state index in [1.54, 1.807) is 28.8 Å². The van der Waals surface area contributed by atoms with Gasteiger partial charge in [-0.1, -0.05) is 39.0 Å². The maximum absolute atomic E-state index is 15.2. The van der Waals surface area contributed by atoms with Crippen molar-refractivity contribution in [2.45, 2.75) is 44.9 Å². The van der Waals surface area contributed by atoms with E-state index in [4.69, 9.17) is 9.26 Å². The van der Waals surface area contributed by atoms with Gasteiger partial charge in [0.1, 0.15) is 6.33 Å². The lowest BCUT2D eigenvalue weighted by atomic mass is 10.0. The second-order valence-electron chi connectivity index (χ2n) is 8.17. The summed E-state index contributed by atoms with van der Waals surface area (Å²) < 4.78 is 28.7. The number of carbonyl (C=O) groups excluding carboxylic acids is 1. The van der Waals surface area contributed by atoms with Gasteiger partial charge in [-0.15, -0.1) is 0 Å². The van der Waals surface area contributed by atoms with Crippen LogP contribution in [0.5, 0.6) is 0 Å². The van der Waals surface area contributed by atoms with Crippen molar-refractivity contribution in [2.75, 3.05) is 18.6 Å². The number of fused-ring (bicyclic) bond motifs is 1. The highest BCUT2D eigenvalue weighted by molar-refractivity contribution is 7.52. The molecule has 1 aliphatic heterocycles. The van der Waals surface area contributed by atoms with Crippen molar-refractivity contribution in [1.82, 2.24) is 19.5 Å². The van der Waals surface area contributed by atoms with E-state index >= 15 is 4.39 Å². The number of ether oxygens (including phenoxy) is 1. The van der Waals surface area contributed by atoms with Crippen LogP contribution in [0.25, 0.3) is 11.2 Å². The van der Waals surface area contributed by atoms with Crippen molar-refractivity contribution in [3.8, 4) is 0 Å². The predicted octanol–water partition coefficient (Wildman–Crippen LogP) is 4.40. The first-order valence-corrected chi connectivity index (χ1v) is 12.3. The van der Waals surface area contributed by atoms with Crippen molar-refractivity contribution in [3.63, 3.8) is 0 Å². The largest absolute Gasteiger partial charge is 0.357 e. The summed E-state index contributed by atoms with van der Waals surface area (Å²) in [4.78, 5) is 25.3. The summed E-state index contributed by atoms with van der Waals surface area (Å²) in [7, 11) is -0.591. The highest BCUT2D eigenvalue weighted by Crippen LogP contribution is 2.42. The van der Waals surface area contributed by atoms with Gasteiger partial charge in [0.05, 0.1) is 19.0 Å². The number of halogens is 1. The number of hydrogen-bond donors (Lipinski definition) is 1. The first kappa shape index (κ1) is 22.7. The smallest absolute Gasteiger partial charge is 0.256 e.